The van der Waals surface area contributed by atoms with E-state index >= 15 is 0 Å². The molecule has 3 unspecified atom stereocenters. The van der Waals surface area contributed by atoms with Gasteiger partial charge in [0.05, 0.1) is 6.33 Å². The lowest BCUT2D eigenvalue weighted by molar-refractivity contribution is 0.310. The van der Waals surface area contributed by atoms with E-state index in [1.807, 2.05) is 6.20 Å². The molecule has 2 N–H and O–H groups in total. The van der Waals surface area contributed by atoms with Crippen LogP contribution in [0.5, 0.6) is 0 Å². The van der Waals surface area contributed by atoms with E-state index in [1.165, 1.54) is 37.8 Å². The SMILES string of the molecule is c1ncc(CNCCC2CC3CCC2C3)[nH]1. The quantitative estimate of drug-likeness (QED) is 0.746. The molecule has 0 aromatic carbocycles. The van der Waals surface area contributed by atoms with Crippen LogP contribution in [0, 0.1) is 17.8 Å². The van der Waals surface area contributed by atoms with Crippen molar-refractivity contribution in [2.75, 3.05) is 6.54 Å². The summed E-state index contributed by atoms with van der Waals surface area (Å²) in [5, 5.41) is 3.50. The molecule has 88 valence electrons. The summed E-state index contributed by atoms with van der Waals surface area (Å²) in [5.74, 6) is 3.18. The van der Waals surface area contributed by atoms with Gasteiger partial charge in [0.25, 0.3) is 0 Å². The summed E-state index contributed by atoms with van der Waals surface area (Å²) >= 11 is 0. The number of nitrogens with zero attached hydrogens (tertiary/aromatic N) is 1. The maximum Gasteiger partial charge on any atom is 0.0922 e. The Balaban J connectivity index is 1.35. The van der Waals surface area contributed by atoms with Gasteiger partial charge in [-0.25, -0.2) is 4.98 Å². The van der Waals surface area contributed by atoms with Crippen LogP contribution >= 0.6 is 0 Å². The summed E-state index contributed by atoms with van der Waals surface area (Å²) in [7, 11) is 0. The van der Waals surface area contributed by atoms with Crippen molar-refractivity contribution in [3.8, 4) is 0 Å². The van der Waals surface area contributed by atoms with Crippen LogP contribution in [0.25, 0.3) is 0 Å². The molecular weight excluding hydrogens is 198 g/mol. The lowest BCUT2D eigenvalue weighted by atomic mass is 9.86. The van der Waals surface area contributed by atoms with Crippen LogP contribution in [-0.2, 0) is 6.54 Å². The molecule has 0 saturated heterocycles. The van der Waals surface area contributed by atoms with E-state index < -0.39 is 0 Å². The van der Waals surface area contributed by atoms with Crippen molar-refractivity contribution >= 4 is 0 Å². The first kappa shape index (κ1) is 10.3. The summed E-state index contributed by atoms with van der Waals surface area (Å²) in [4.78, 5) is 7.13. The van der Waals surface area contributed by atoms with Crippen molar-refractivity contribution in [1.29, 1.82) is 0 Å². The van der Waals surface area contributed by atoms with Gasteiger partial charge in [-0.05, 0) is 50.0 Å². The van der Waals surface area contributed by atoms with E-state index in [0.717, 1.165) is 30.8 Å². The molecule has 0 spiro atoms. The molecule has 1 heterocycles. The average Bonchev–Trinajstić information content (AvgIpc) is 3.01. The van der Waals surface area contributed by atoms with Crippen LogP contribution in [0.4, 0.5) is 0 Å². The minimum Gasteiger partial charge on any atom is -0.347 e. The first-order valence-corrected chi connectivity index (χ1v) is 6.60. The number of fused-ring (bicyclic) bond motifs is 2. The number of hydrogen-bond acceptors (Lipinski definition) is 2. The Bertz CT molecular complexity index is 320. The molecule has 1 aromatic heterocycles. The van der Waals surface area contributed by atoms with Crippen molar-refractivity contribution < 1.29 is 0 Å². The van der Waals surface area contributed by atoms with E-state index in [4.69, 9.17) is 0 Å². The maximum absolute atomic E-state index is 4.01. The van der Waals surface area contributed by atoms with Gasteiger partial charge < -0.3 is 10.3 Å². The third kappa shape index (κ3) is 2.14. The molecule has 3 heteroatoms. The van der Waals surface area contributed by atoms with Gasteiger partial charge >= 0.3 is 0 Å². The molecule has 3 rings (SSSR count). The fraction of sp³-hybridized carbons (Fsp3) is 0.769. The molecule has 2 saturated carbocycles. The predicted octanol–water partition coefficient (Wildman–Crippen LogP) is 2.33. The predicted molar refractivity (Wildman–Crippen MR) is 63.8 cm³/mol. The topological polar surface area (TPSA) is 40.7 Å². The Hall–Kier alpha value is -0.830. The zero-order chi connectivity index (χ0) is 10.8. The zero-order valence-corrected chi connectivity index (χ0v) is 9.78. The third-order valence-electron chi connectivity index (χ3n) is 4.45. The van der Waals surface area contributed by atoms with Gasteiger partial charge in [-0.1, -0.05) is 6.42 Å². The van der Waals surface area contributed by atoms with Gasteiger partial charge in [0, 0.05) is 18.4 Å². The highest BCUT2D eigenvalue weighted by atomic mass is 14.9. The van der Waals surface area contributed by atoms with Gasteiger partial charge in [-0.3, -0.25) is 0 Å². The van der Waals surface area contributed by atoms with Gasteiger partial charge in [0.15, 0.2) is 0 Å². The van der Waals surface area contributed by atoms with Crippen LogP contribution in [0.15, 0.2) is 12.5 Å². The van der Waals surface area contributed by atoms with Crippen LogP contribution in [-0.4, -0.2) is 16.5 Å². The second-order valence-electron chi connectivity index (χ2n) is 5.48. The monoisotopic (exact) mass is 219 g/mol. The smallest absolute Gasteiger partial charge is 0.0922 e. The maximum atomic E-state index is 4.01. The summed E-state index contributed by atoms with van der Waals surface area (Å²) in [6.45, 7) is 2.09. The molecular formula is C13H21N3. The Morgan fingerprint density at radius 1 is 1.38 bits per heavy atom. The number of H-pyrrole nitrogens is 1. The van der Waals surface area contributed by atoms with E-state index in [-0.39, 0.29) is 0 Å². The van der Waals surface area contributed by atoms with Gasteiger partial charge in [0.2, 0.25) is 0 Å². The largest absolute Gasteiger partial charge is 0.347 e. The van der Waals surface area contributed by atoms with E-state index in [9.17, 15) is 0 Å². The van der Waals surface area contributed by atoms with Crippen LogP contribution < -0.4 is 5.32 Å². The summed E-state index contributed by atoms with van der Waals surface area (Å²) in [6.07, 6.45) is 11.1. The Morgan fingerprint density at radius 3 is 3.06 bits per heavy atom. The molecule has 0 amide bonds. The molecule has 0 radical (unpaired) electrons. The van der Waals surface area contributed by atoms with Gasteiger partial charge in [0.1, 0.15) is 0 Å². The van der Waals surface area contributed by atoms with Gasteiger partial charge in [-0.15, -0.1) is 0 Å². The molecule has 2 aliphatic rings. The van der Waals surface area contributed by atoms with Crippen molar-refractivity contribution in [2.45, 2.75) is 38.6 Å². The van der Waals surface area contributed by atoms with Gasteiger partial charge in [-0.2, -0.15) is 0 Å². The molecule has 3 nitrogen and oxygen atoms in total. The number of hydrogen-bond donors (Lipinski definition) is 2. The highest BCUT2D eigenvalue weighted by Gasteiger charge is 2.38. The Morgan fingerprint density at radius 2 is 2.38 bits per heavy atom. The molecule has 16 heavy (non-hydrogen) atoms. The average molecular weight is 219 g/mol. The highest BCUT2D eigenvalue weighted by Crippen LogP contribution is 2.49. The Labute approximate surface area is 97.0 Å². The molecule has 0 aliphatic heterocycles. The van der Waals surface area contributed by atoms with E-state index in [0.29, 0.717) is 0 Å². The highest BCUT2D eigenvalue weighted by molar-refractivity contribution is 4.93. The molecule has 2 aliphatic carbocycles. The first-order chi connectivity index (χ1) is 7.92. The lowest BCUT2D eigenvalue weighted by Gasteiger charge is -2.21. The Kier molecular flexibility index (Phi) is 2.96. The summed E-state index contributed by atoms with van der Waals surface area (Å²) < 4.78 is 0. The number of nitrogens with one attached hydrogen (secondary N) is 2. The summed E-state index contributed by atoms with van der Waals surface area (Å²) in [5.41, 5.74) is 1.19. The number of aromatic amines is 1. The molecule has 2 fully saturated rings. The number of imidazole rings is 1. The summed E-state index contributed by atoms with van der Waals surface area (Å²) in [6, 6.07) is 0. The standard InChI is InChI=1S/C13H21N3/c1-2-11-5-10(1)6-12(11)3-4-14-7-13-8-15-9-16-13/h8-12,14H,1-7H2,(H,15,16). The lowest BCUT2D eigenvalue weighted by Crippen LogP contribution is -2.20. The molecule has 1 aromatic rings. The minimum absolute atomic E-state index is 0.931. The van der Waals surface area contributed by atoms with Crippen molar-refractivity contribution in [3.63, 3.8) is 0 Å². The second kappa shape index (κ2) is 4.58. The van der Waals surface area contributed by atoms with Crippen LogP contribution in [0.1, 0.15) is 37.8 Å². The van der Waals surface area contributed by atoms with Crippen molar-refractivity contribution in [2.24, 2.45) is 17.8 Å². The molecule has 3 atom stereocenters. The second-order valence-corrected chi connectivity index (χ2v) is 5.48. The zero-order valence-electron chi connectivity index (χ0n) is 9.78. The van der Waals surface area contributed by atoms with Crippen molar-refractivity contribution in [3.05, 3.63) is 18.2 Å². The fourth-order valence-electron chi connectivity index (χ4n) is 3.62. The third-order valence-corrected chi connectivity index (χ3v) is 4.45. The van der Waals surface area contributed by atoms with Crippen molar-refractivity contribution in [1.82, 2.24) is 15.3 Å². The first-order valence-electron chi connectivity index (χ1n) is 6.60. The number of aromatic nitrogens is 2. The molecule has 2 bridgehead atoms. The normalized spacial score (nSPS) is 32.4. The van der Waals surface area contributed by atoms with Crippen LogP contribution in [0.3, 0.4) is 0 Å². The minimum atomic E-state index is 0.931. The fourth-order valence-corrected chi connectivity index (χ4v) is 3.62. The van der Waals surface area contributed by atoms with Crippen LogP contribution in [0.2, 0.25) is 0 Å². The number of rotatable bonds is 5. The van der Waals surface area contributed by atoms with E-state index in [1.54, 1.807) is 6.33 Å². The van der Waals surface area contributed by atoms with E-state index in [2.05, 4.69) is 15.3 Å².